The zero-order valence-electron chi connectivity index (χ0n) is 12.4. The van der Waals surface area contributed by atoms with Gasteiger partial charge in [-0.2, -0.15) is 0 Å². The quantitative estimate of drug-likeness (QED) is 0.917. The predicted octanol–water partition coefficient (Wildman–Crippen LogP) is 2.27. The summed E-state index contributed by atoms with van der Waals surface area (Å²) in [6.45, 7) is 4.73. The summed E-state index contributed by atoms with van der Waals surface area (Å²) < 4.78 is 23.5. The molecule has 0 amide bonds. The van der Waals surface area contributed by atoms with Gasteiger partial charge in [-0.15, -0.1) is 0 Å². The van der Waals surface area contributed by atoms with E-state index in [2.05, 4.69) is 29.1 Å². The Bertz CT molecular complexity index is 713. The minimum Gasteiger partial charge on any atom is -0.368 e. The molecule has 0 fully saturated rings. The van der Waals surface area contributed by atoms with E-state index < -0.39 is 9.84 Å². The van der Waals surface area contributed by atoms with Crippen LogP contribution in [0.25, 0.3) is 0 Å². The molecule has 1 N–H and O–H groups in total. The average Bonchev–Trinajstić information content (AvgIpc) is 2.45. The fraction of sp³-hybridized carbons (Fsp3) is 0.333. The van der Waals surface area contributed by atoms with Gasteiger partial charge in [-0.1, -0.05) is 13.8 Å². The third-order valence-corrected chi connectivity index (χ3v) is 4.46. The zero-order valence-corrected chi connectivity index (χ0v) is 13.2. The van der Waals surface area contributed by atoms with Gasteiger partial charge in [-0.25, -0.2) is 13.4 Å². The van der Waals surface area contributed by atoms with Crippen LogP contribution in [0.1, 0.15) is 19.4 Å². The summed E-state index contributed by atoms with van der Waals surface area (Å²) in [4.78, 5) is 8.37. The van der Waals surface area contributed by atoms with E-state index in [1.165, 1.54) is 6.26 Å². The van der Waals surface area contributed by atoms with Crippen molar-refractivity contribution in [3.05, 3.63) is 48.4 Å². The van der Waals surface area contributed by atoms with Crippen LogP contribution in [-0.2, 0) is 15.3 Å². The number of nitrogens with zero attached hydrogens (tertiary/aromatic N) is 2. The first kappa shape index (κ1) is 15.4. The van der Waals surface area contributed by atoms with Crippen LogP contribution in [-0.4, -0.2) is 31.2 Å². The number of rotatable bonds is 5. The topological polar surface area (TPSA) is 72.0 Å². The van der Waals surface area contributed by atoms with Crippen molar-refractivity contribution in [3.8, 4) is 0 Å². The fourth-order valence-electron chi connectivity index (χ4n) is 2.03. The first-order chi connectivity index (χ1) is 9.81. The minimum atomic E-state index is -3.30. The van der Waals surface area contributed by atoms with E-state index in [4.69, 9.17) is 0 Å². The molecule has 21 heavy (non-hydrogen) atoms. The Morgan fingerprint density at radius 3 is 2.43 bits per heavy atom. The highest BCUT2D eigenvalue weighted by Gasteiger charge is 2.22. The fourth-order valence-corrected chi connectivity index (χ4v) is 2.83. The average molecular weight is 305 g/mol. The van der Waals surface area contributed by atoms with Gasteiger partial charge in [0.2, 0.25) is 0 Å². The molecule has 2 aromatic rings. The molecule has 0 aliphatic rings. The van der Waals surface area contributed by atoms with Crippen molar-refractivity contribution >= 4 is 15.7 Å². The highest BCUT2D eigenvalue weighted by molar-refractivity contribution is 7.90. The summed E-state index contributed by atoms with van der Waals surface area (Å²) in [7, 11) is -3.30. The third kappa shape index (κ3) is 3.78. The van der Waals surface area contributed by atoms with E-state index in [0.29, 0.717) is 12.4 Å². The second-order valence-electron chi connectivity index (χ2n) is 5.60. The SMILES string of the molecule is CC(C)(CNc1ncccc1S(C)(=O)=O)c1ccncc1. The van der Waals surface area contributed by atoms with Gasteiger partial charge in [-0.05, 0) is 29.8 Å². The van der Waals surface area contributed by atoms with E-state index in [1.807, 2.05) is 12.1 Å². The number of sulfone groups is 1. The lowest BCUT2D eigenvalue weighted by atomic mass is 9.85. The number of aromatic nitrogens is 2. The van der Waals surface area contributed by atoms with Gasteiger partial charge >= 0.3 is 0 Å². The second kappa shape index (κ2) is 5.81. The van der Waals surface area contributed by atoms with Crippen LogP contribution < -0.4 is 5.32 Å². The Morgan fingerprint density at radius 1 is 1.14 bits per heavy atom. The van der Waals surface area contributed by atoms with Crippen LogP contribution in [0.4, 0.5) is 5.82 Å². The second-order valence-corrected chi connectivity index (χ2v) is 7.58. The highest BCUT2D eigenvalue weighted by atomic mass is 32.2. The van der Waals surface area contributed by atoms with Crippen molar-refractivity contribution in [2.45, 2.75) is 24.2 Å². The molecule has 112 valence electrons. The van der Waals surface area contributed by atoms with E-state index in [-0.39, 0.29) is 10.3 Å². The molecule has 0 saturated heterocycles. The van der Waals surface area contributed by atoms with Crippen molar-refractivity contribution < 1.29 is 8.42 Å². The lowest BCUT2D eigenvalue weighted by Gasteiger charge is -2.26. The number of hydrogen-bond acceptors (Lipinski definition) is 5. The van der Waals surface area contributed by atoms with Gasteiger partial charge in [-0.3, -0.25) is 4.98 Å². The summed E-state index contributed by atoms with van der Waals surface area (Å²) in [5.41, 5.74) is 0.955. The molecular formula is C15H19N3O2S. The van der Waals surface area contributed by atoms with Gasteiger partial charge in [0.1, 0.15) is 10.7 Å². The monoisotopic (exact) mass is 305 g/mol. The molecule has 5 nitrogen and oxygen atoms in total. The first-order valence-electron chi connectivity index (χ1n) is 6.60. The Kier molecular flexibility index (Phi) is 4.27. The molecule has 0 aliphatic heterocycles. The molecule has 0 saturated carbocycles. The summed E-state index contributed by atoms with van der Waals surface area (Å²) in [6.07, 6.45) is 6.26. The van der Waals surface area contributed by atoms with Crippen LogP contribution in [0.2, 0.25) is 0 Å². The van der Waals surface area contributed by atoms with Crippen LogP contribution >= 0.6 is 0 Å². The normalized spacial score (nSPS) is 12.1. The van der Waals surface area contributed by atoms with Crippen molar-refractivity contribution in [1.29, 1.82) is 0 Å². The molecular weight excluding hydrogens is 286 g/mol. The molecule has 2 aromatic heterocycles. The molecule has 2 rings (SSSR count). The number of anilines is 1. The minimum absolute atomic E-state index is 0.171. The van der Waals surface area contributed by atoms with Crippen LogP contribution in [0.5, 0.6) is 0 Å². The molecule has 0 radical (unpaired) electrons. The predicted molar refractivity (Wildman–Crippen MR) is 83.1 cm³/mol. The largest absolute Gasteiger partial charge is 0.368 e. The lowest BCUT2D eigenvalue weighted by molar-refractivity contribution is 0.554. The molecule has 6 heteroatoms. The van der Waals surface area contributed by atoms with Gasteiger partial charge < -0.3 is 5.32 Å². The number of hydrogen-bond donors (Lipinski definition) is 1. The Balaban J connectivity index is 2.21. The van der Waals surface area contributed by atoms with Crippen molar-refractivity contribution in [3.63, 3.8) is 0 Å². The summed E-state index contributed by atoms with van der Waals surface area (Å²) >= 11 is 0. The Labute approximate surface area is 125 Å². The van der Waals surface area contributed by atoms with Gasteiger partial charge in [0.25, 0.3) is 0 Å². The molecule has 0 spiro atoms. The smallest absolute Gasteiger partial charge is 0.179 e. The molecule has 0 unspecified atom stereocenters. The van der Waals surface area contributed by atoms with Gasteiger partial charge in [0, 0.05) is 36.8 Å². The first-order valence-corrected chi connectivity index (χ1v) is 8.49. The van der Waals surface area contributed by atoms with Crippen molar-refractivity contribution in [2.75, 3.05) is 18.1 Å². The zero-order chi connectivity index (χ0) is 15.5. The number of nitrogens with one attached hydrogen (secondary N) is 1. The summed E-state index contributed by atoms with van der Waals surface area (Å²) in [6, 6.07) is 7.09. The van der Waals surface area contributed by atoms with Gasteiger partial charge in [0.15, 0.2) is 9.84 Å². The maximum Gasteiger partial charge on any atom is 0.179 e. The van der Waals surface area contributed by atoms with Crippen molar-refractivity contribution in [1.82, 2.24) is 9.97 Å². The highest BCUT2D eigenvalue weighted by Crippen LogP contribution is 2.24. The van der Waals surface area contributed by atoms with E-state index in [9.17, 15) is 8.42 Å². The molecule has 0 aliphatic carbocycles. The van der Waals surface area contributed by atoms with E-state index in [1.54, 1.807) is 30.7 Å². The standard InChI is InChI=1S/C15H19N3O2S/c1-15(2,12-6-9-16-10-7-12)11-18-14-13(21(3,19)20)5-4-8-17-14/h4-10H,11H2,1-3H3,(H,17,18). The molecule has 0 aromatic carbocycles. The molecule has 0 bridgehead atoms. The summed E-state index contributed by atoms with van der Waals surface area (Å²) in [5.74, 6) is 0.391. The van der Waals surface area contributed by atoms with Gasteiger partial charge in [0.05, 0.1) is 0 Å². The lowest BCUT2D eigenvalue weighted by Crippen LogP contribution is -2.28. The van der Waals surface area contributed by atoms with Crippen LogP contribution in [0.3, 0.4) is 0 Å². The van der Waals surface area contributed by atoms with Crippen molar-refractivity contribution in [2.24, 2.45) is 0 Å². The maximum absolute atomic E-state index is 11.8. The Hall–Kier alpha value is -1.95. The molecule has 0 atom stereocenters. The number of pyridine rings is 2. The summed E-state index contributed by atoms with van der Waals surface area (Å²) in [5, 5.41) is 3.15. The van der Waals surface area contributed by atoms with Crippen LogP contribution in [0, 0.1) is 0 Å². The van der Waals surface area contributed by atoms with Crippen LogP contribution in [0.15, 0.2) is 47.8 Å². The van der Waals surface area contributed by atoms with E-state index >= 15 is 0 Å². The maximum atomic E-state index is 11.8. The van der Waals surface area contributed by atoms with E-state index in [0.717, 1.165) is 5.56 Å². The Morgan fingerprint density at radius 2 is 1.81 bits per heavy atom. The third-order valence-electron chi connectivity index (χ3n) is 3.33. The molecule has 2 heterocycles.